The molecule has 0 spiro atoms. The van der Waals surface area contributed by atoms with Crippen molar-refractivity contribution < 1.29 is 9.32 Å². The number of carbonyl (C=O) groups is 1. The Hall–Kier alpha value is -2.70. The molecule has 0 atom stereocenters. The van der Waals surface area contributed by atoms with E-state index in [1.54, 1.807) is 0 Å². The van der Waals surface area contributed by atoms with Gasteiger partial charge in [-0.3, -0.25) is 4.79 Å². The maximum atomic E-state index is 12.9. The highest BCUT2D eigenvalue weighted by Crippen LogP contribution is 2.33. The number of aromatic nitrogens is 4. The third-order valence-corrected chi connectivity index (χ3v) is 6.01. The average Bonchev–Trinajstić information content (AvgIpc) is 3.47. The van der Waals surface area contributed by atoms with Gasteiger partial charge in [-0.25, -0.2) is 4.68 Å². The number of rotatable bonds is 3. The van der Waals surface area contributed by atoms with Crippen LogP contribution in [0.2, 0.25) is 0 Å². The van der Waals surface area contributed by atoms with Crippen LogP contribution >= 0.6 is 0 Å². The Bertz CT molecular complexity index is 948. The zero-order valence-corrected chi connectivity index (χ0v) is 15.3. The summed E-state index contributed by atoms with van der Waals surface area (Å²) in [6.45, 7) is 1.38. The van der Waals surface area contributed by atoms with Crippen LogP contribution in [-0.2, 0) is 0 Å². The predicted octanol–water partition coefficient (Wildman–Crippen LogP) is 3.55. The number of nitrogens with zero attached hydrogens (tertiary/aromatic N) is 5. The van der Waals surface area contributed by atoms with Gasteiger partial charge in [-0.15, -0.1) is 5.10 Å². The molecular formula is C20H23N5O2. The van der Waals surface area contributed by atoms with E-state index < -0.39 is 0 Å². The van der Waals surface area contributed by atoms with Crippen molar-refractivity contribution in [2.24, 2.45) is 0 Å². The van der Waals surface area contributed by atoms with Crippen LogP contribution in [0.5, 0.6) is 0 Å². The second-order valence-electron chi connectivity index (χ2n) is 7.66. The fourth-order valence-corrected chi connectivity index (χ4v) is 4.40. The first-order valence-corrected chi connectivity index (χ1v) is 9.85. The topological polar surface area (TPSA) is 77.0 Å². The summed E-state index contributed by atoms with van der Waals surface area (Å²) in [6, 6.07) is 7.83. The minimum absolute atomic E-state index is 0.0765. The highest BCUT2D eigenvalue weighted by Gasteiger charge is 2.29. The van der Waals surface area contributed by atoms with Crippen LogP contribution in [0.25, 0.3) is 10.9 Å². The molecular weight excluding hydrogens is 342 g/mol. The lowest BCUT2D eigenvalue weighted by atomic mass is 10.0. The molecule has 7 nitrogen and oxygen atoms in total. The molecule has 3 heterocycles. The van der Waals surface area contributed by atoms with E-state index in [9.17, 15) is 4.79 Å². The third-order valence-electron chi connectivity index (χ3n) is 6.01. The van der Waals surface area contributed by atoms with E-state index in [0.717, 1.165) is 29.4 Å². The van der Waals surface area contributed by atoms with Crippen LogP contribution in [0.3, 0.4) is 0 Å². The van der Waals surface area contributed by atoms with Gasteiger partial charge in [-0.1, -0.05) is 35.3 Å². The van der Waals surface area contributed by atoms with E-state index in [-0.39, 0.29) is 5.91 Å². The number of piperidine rings is 1. The van der Waals surface area contributed by atoms with Gasteiger partial charge in [0.05, 0.1) is 17.1 Å². The van der Waals surface area contributed by atoms with Gasteiger partial charge in [0, 0.05) is 25.2 Å². The van der Waals surface area contributed by atoms with Gasteiger partial charge in [-0.05, 0) is 37.8 Å². The minimum atomic E-state index is -0.0765. The van der Waals surface area contributed by atoms with Crippen LogP contribution in [0, 0.1) is 0 Å². The van der Waals surface area contributed by atoms with Gasteiger partial charge >= 0.3 is 0 Å². The Morgan fingerprint density at radius 2 is 1.85 bits per heavy atom. The molecule has 1 aliphatic heterocycles. The zero-order chi connectivity index (χ0) is 18.2. The van der Waals surface area contributed by atoms with E-state index in [1.807, 2.05) is 33.8 Å². The Morgan fingerprint density at radius 1 is 1.07 bits per heavy atom. The normalized spacial score (nSPS) is 19.2. The number of hydrogen-bond acceptors (Lipinski definition) is 5. The monoisotopic (exact) mass is 365 g/mol. The van der Waals surface area contributed by atoms with Gasteiger partial charge < -0.3 is 9.42 Å². The summed E-state index contributed by atoms with van der Waals surface area (Å²) in [7, 11) is 0. The molecule has 3 aromatic rings. The average molecular weight is 365 g/mol. The summed E-state index contributed by atoms with van der Waals surface area (Å²) in [4.78, 5) is 14.7. The second kappa shape index (κ2) is 6.79. The first-order valence-electron chi connectivity index (χ1n) is 9.85. The predicted molar refractivity (Wildman–Crippen MR) is 99.4 cm³/mol. The molecule has 0 N–H and O–H groups in total. The molecule has 2 aliphatic rings. The van der Waals surface area contributed by atoms with Crippen molar-refractivity contribution >= 4 is 16.8 Å². The molecule has 1 aromatic carbocycles. The number of carbonyl (C=O) groups excluding carboxylic acids is 1. The molecule has 5 rings (SSSR count). The molecule has 0 bridgehead atoms. The van der Waals surface area contributed by atoms with Crippen LogP contribution in [-0.4, -0.2) is 44.0 Å². The lowest BCUT2D eigenvalue weighted by molar-refractivity contribution is 0.0650. The number of amides is 1. The molecule has 0 radical (unpaired) electrons. The van der Waals surface area contributed by atoms with Gasteiger partial charge in [0.1, 0.15) is 5.52 Å². The van der Waals surface area contributed by atoms with Crippen LogP contribution in [0.15, 0.2) is 35.0 Å². The van der Waals surface area contributed by atoms with Crippen molar-refractivity contribution in [2.75, 3.05) is 13.1 Å². The minimum Gasteiger partial charge on any atom is -0.350 e. The first kappa shape index (κ1) is 16.5. The van der Waals surface area contributed by atoms with Crippen molar-refractivity contribution in [2.45, 2.75) is 50.5 Å². The van der Waals surface area contributed by atoms with Gasteiger partial charge in [-0.2, -0.15) is 0 Å². The van der Waals surface area contributed by atoms with Gasteiger partial charge in [0.2, 0.25) is 5.76 Å². The summed E-state index contributed by atoms with van der Waals surface area (Å²) in [6.07, 6.45) is 8.95. The summed E-state index contributed by atoms with van der Waals surface area (Å²) >= 11 is 0. The fourth-order valence-electron chi connectivity index (χ4n) is 4.40. The van der Waals surface area contributed by atoms with Crippen LogP contribution in [0.4, 0.5) is 0 Å². The molecule has 7 heteroatoms. The van der Waals surface area contributed by atoms with Crippen molar-refractivity contribution in [3.8, 4) is 0 Å². The summed E-state index contributed by atoms with van der Waals surface area (Å²) in [5.41, 5.74) is 1.86. The lowest BCUT2D eigenvalue weighted by Crippen LogP contribution is -2.39. The molecule has 27 heavy (non-hydrogen) atoms. The smallest absolute Gasteiger partial charge is 0.293 e. The van der Waals surface area contributed by atoms with Gasteiger partial charge in [0.15, 0.2) is 0 Å². The van der Waals surface area contributed by atoms with Gasteiger partial charge in [0.25, 0.3) is 5.91 Å². The number of fused-ring (bicyclic) bond motifs is 1. The molecule has 1 aliphatic carbocycles. The second-order valence-corrected chi connectivity index (χ2v) is 7.66. The summed E-state index contributed by atoms with van der Waals surface area (Å²) in [5.74, 6) is 0.848. The number of likely N-dealkylation sites (tertiary alicyclic amines) is 1. The highest BCUT2D eigenvalue weighted by atomic mass is 16.5. The van der Waals surface area contributed by atoms with Crippen LogP contribution < -0.4 is 0 Å². The molecule has 140 valence electrons. The quantitative estimate of drug-likeness (QED) is 0.709. The molecule has 2 fully saturated rings. The zero-order valence-electron chi connectivity index (χ0n) is 15.3. The summed E-state index contributed by atoms with van der Waals surface area (Å²) in [5, 5.41) is 13.6. The van der Waals surface area contributed by atoms with E-state index in [0.29, 0.717) is 30.8 Å². The maximum absolute atomic E-state index is 12.9. The van der Waals surface area contributed by atoms with Crippen molar-refractivity contribution in [1.29, 1.82) is 0 Å². The molecule has 2 aromatic heterocycles. The SMILES string of the molecule is O=C(c1onc2ccccc12)N1CCC(n2cc(C3CCCC3)nn2)CC1. The number of benzene rings is 1. The highest BCUT2D eigenvalue weighted by molar-refractivity contribution is 6.03. The van der Waals surface area contributed by atoms with Crippen molar-refractivity contribution in [1.82, 2.24) is 25.1 Å². The van der Waals surface area contributed by atoms with Crippen molar-refractivity contribution in [3.05, 3.63) is 41.9 Å². The van der Waals surface area contributed by atoms with Crippen molar-refractivity contribution in [3.63, 3.8) is 0 Å². The Morgan fingerprint density at radius 3 is 2.67 bits per heavy atom. The Balaban J connectivity index is 1.25. The first-order chi connectivity index (χ1) is 13.3. The Kier molecular flexibility index (Phi) is 4.14. The lowest BCUT2D eigenvalue weighted by Gasteiger charge is -2.31. The molecule has 1 saturated heterocycles. The number of hydrogen-bond donors (Lipinski definition) is 0. The van der Waals surface area contributed by atoms with E-state index >= 15 is 0 Å². The van der Waals surface area contributed by atoms with E-state index in [1.165, 1.54) is 25.7 Å². The Labute approximate surface area is 157 Å². The third kappa shape index (κ3) is 3.01. The van der Waals surface area contributed by atoms with E-state index in [4.69, 9.17) is 4.52 Å². The molecule has 1 saturated carbocycles. The molecule has 0 unspecified atom stereocenters. The van der Waals surface area contributed by atoms with E-state index in [2.05, 4.69) is 21.7 Å². The molecule has 1 amide bonds. The van der Waals surface area contributed by atoms with Crippen LogP contribution in [0.1, 0.15) is 66.7 Å². The fraction of sp³-hybridized carbons (Fsp3) is 0.500. The summed E-state index contributed by atoms with van der Waals surface area (Å²) < 4.78 is 7.35. The maximum Gasteiger partial charge on any atom is 0.293 e. The standard InChI is InChI=1S/C20H23N5O2/c26-20(19-16-7-3-4-8-17(16)22-27-19)24-11-9-15(10-12-24)25-13-18(21-23-25)14-5-1-2-6-14/h3-4,7-8,13-15H,1-2,5-6,9-12H2. The largest absolute Gasteiger partial charge is 0.350 e.